The van der Waals surface area contributed by atoms with Crippen molar-refractivity contribution < 1.29 is 14.3 Å². The lowest BCUT2D eigenvalue weighted by molar-refractivity contribution is -0.113. The van der Waals surface area contributed by atoms with E-state index in [4.69, 9.17) is 27.9 Å². The highest BCUT2D eigenvalue weighted by Crippen LogP contribution is 2.26. The van der Waals surface area contributed by atoms with Crippen LogP contribution in [0.25, 0.3) is 0 Å². The van der Waals surface area contributed by atoms with Crippen LogP contribution < -0.4 is 15.4 Å². The molecule has 30 heavy (non-hydrogen) atoms. The van der Waals surface area contributed by atoms with Gasteiger partial charge in [-0.2, -0.15) is 0 Å². The summed E-state index contributed by atoms with van der Waals surface area (Å²) in [6, 6.07) is 19.1. The minimum absolute atomic E-state index is 0.140. The number of anilines is 2. The molecular formula is C22H18Cl2N2O3S. The van der Waals surface area contributed by atoms with Crippen LogP contribution in [-0.4, -0.2) is 24.7 Å². The first-order valence-electron chi connectivity index (χ1n) is 8.88. The van der Waals surface area contributed by atoms with E-state index in [1.54, 1.807) is 43.5 Å². The molecule has 3 rings (SSSR count). The Morgan fingerprint density at radius 1 is 0.967 bits per heavy atom. The van der Waals surface area contributed by atoms with Crippen LogP contribution in [-0.2, 0) is 4.79 Å². The van der Waals surface area contributed by atoms with Crippen LogP contribution in [0.5, 0.6) is 5.75 Å². The van der Waals surface area contributed by atoms with Gasteiger partial charge in [0, 0.05) is 15.6 Å². The van der Waals surface area contributed by atoms with Gasteiger partial charge in [-0.05, 0) is 54.6 Å². The van der Waals surface area contributed by atoms with Gasteiger partial charge in [-0.1, -0.05) is 35.3 Å². The van der Waals surface area contributed by atoms with Gasteiger partial charge in [0.05, 0.1) is 29.1 Å². The second-order valence-corrected chi connectivity index (χ2v) is 8.03. The fraction of sp³-hybridized carbons (Fsp3) is 0.0909. The SMILES string of the molecule is COc1ccccc1NC(=O)CSc1ccc(NC(=O)c2ccc(Cl)cc2Cl)cc1. The Hall–Kier alpha value is -2.67. The summed E-state index contributed by atoms with van der Waals surface area (Å²) < 4.78 is 5.23. The van der Waals surface area contributed by atoms with E-state index in [2.05, 4.69) is 10.6 Å². The zero-order valence-electron chi connectivity index (χ0n) is 15.9. The van der Waals surface area contributed by atoms with Gasteiger partial charge in [0.1, 0.15) is 5.75 Å². The lowest BCUT2D eigenvalue weighted by Crippen LogP contribution is -2.14. The molecule has 5 nitrogen and oxygen atoms in total. The molecule has 0 heterocycles. The number of rotatable bonds is 7. The molecule has 8 heteroatoms. The van der Waals surface area contributed by atoms with Crippen molar-refractivity contribution in [2.75, 3.05) is 23.5 Å². The average molecular weight is 461 g/mol. The van der Waals surface area contributed by atoms with E-state index in [1.807, 2.05) is 24.3 Å². The van der Waals surface area contributed by atoms with Gasteiger partial charge >= 0.3 is 0 Å². The molecule has 3 aromatic carbocycles. The molecule has 2 amide bonds. The molecule has 0 fully saturated rings. The number of halogens is 2. The van der Waals surface area contributed by atoms with Gasteiger partial charge < -0.3 is 15.4 Å². The Balaban J connectivity index is 1.54. The smallest absolute Gasteiger partial charge is 0.257 e. The first-order chi connectivity index (χ1) is 14.5. The van der Waals surface area contributed by atoms with Crippen molar-refractivity contribution in [3.05, 3.63) is 82.3 Å². The second-order valence-electron chi connectivity index (χ2n) is 6.14. The Morgan fingerprint density at radius 2 is 1.70 bits per heavy atom. The zero-order valence-corrected chi connectivity index (χ0v) is 18.3. The lowest BCUT2D eigenvalue weighted by atomic mass is 10.2. The topological polar surface area (TPSA) is 67.4 Å². The van der Waals surface area contributed by atoms with E-state index in [0.29, 0.717) is 27.7 Å². The highest BCUT2D eigenvalue weighted by molar-refractivity contribution is 8.00. The molecule has 0 aliphatic carbocycles. The van der Waals surface area contributed by atoms with Crippen LogP contribution in [0, 0.1) is 0 Å². The number of hydrogen-bond donors (Lipinski definition) is 2. The predicted octanol–water partition coefficient (Wildman–Crippen LogP) is 5.99. The molecule has 0 aliphatic rings. The number of carbonyl (C=O) groups is 2. The van der Waals surface area contributed by atoms with Crippen LogP contribution in [0.4, 0.5) is 11.4 Å². The minimum atomic E-state index is -0.326. The molecule has 0 radical (unpaired) electrons. The Kier molecular flexibility index (Phi) is 7.63. The number of nitrogens with one attached hydrogen (secondary N) is 2. The molecule has 0 saturated heterocycles. The van der Waals surface area contributed by atoms with Gasteiger partial charge in [0.25, 0.3) is 5.91 Å². The number of benzene rings is 3. The first kappa shape index (κ1) is 22.0. The summed E-state index contributed by atoms with van der Waals surface area (Å²) in [6.07, 6.45) is 0. The number of carbonyl (C=O) groups excluding carboxylic acids is 2. The average Bonchev–Trinajstić information content (AvgIpc) is 2.73. The normalized spacial score (nSPS) is 10.4. The van der Waals surface area contributed by atoms with E-state index < -0.39 is 0 Å². The number of ether oxygens (including phenoxy) is 1. The number of methoxy groups -OCH3 is 1. The third kappa shape index (κ3) is 5.92. The highest BCUT2D eigenvalue weighted by atomic mass is 35.5. The van der Waals surface area contributed by atoms with E-state index in [0.717, 1.165) is 4.90 Å². The molecule has 2 N–H and O–H groups in total. The maximum absolute atomic E-state index is 12.4. The summed E-state index contributed by atoms with van der Waals surface area (Å²) in [7, 11) is 1.56. The third-order valence-corrected chi connectivity index (χ3v) is 5.60. The maximum Gasteiger partial charge on any atom is 0.257 e. The zero-order chi connectivity index (χ0) is 21.5. The quantitative estimate of drug-likeness (QED) is 0.425. The van der Waals surface area contributed by atoms with Crippen molar-refractivity contribution in [2.45, 2.75) is 4.90 Å². The van der Waals surface area contributed by atoms with Crippen LogP contribution >= 0.6 is 35.0 Å². The van der Waals surface area contributed by atoms with Crippen LogP contribution in [0.15, 0.2) is 71.6 Å². The summed E-state index contributed by atoms with van der Waals surface area (Å²) in [5.41, 5.74) is 1.59. The molecule has 154 valence electrons. The summed E-state index contributed by atoms with van der Waals surface area (Å²) in [6.45, 7) is 0. The van der Waals surface area contributed by atoms with Gasteiger partial charge in [-0.25, -0.2) is 0 Å². The monoisotopic (exact) mass is 460 g/mol. The fourth-order valence-corrected chi connectivity index (χ4v) is 3.78. The first-order valence-corrected chi connectivity index (χ1v) is 10.6. The Labute approximate surface area is 188 Å². The summed E-state index contributed by atoms with van der Waals surface area (Å²) in [5, 5.41) is 6.37. The van der Waals surface area contributed by atoms with Crippen molar-refractivity contribution in [1.29, 1.82) is 0 Å². The molecule has 0 unspecified atom stereocenters. The number of amides is 2. The largest absolute Gasteiger partial charge is 0.495 e. The van der Waals surface area contributed by atoms with Crippen molar-refractivity contribution in [3.8, 4) is 5.75 Å². The summed E-state index contributed by atoms with van der Waals surface area (Å²) >= 11 is 13.3. The third-order valence-electron chi connectivity index (χ3n) is 4.04. The molecule has 0 saturated carbocycles. The molecule has 0 bridgehead atoms. The number of para-hydroxylation sites is 2. The number of thioether (sulfide) groups is 1. The van der Waals surface area contributed by atoms with Gasteiger partial charge in [-0.15, -0.1) is 11.8 Å². The molecule has 3 aromatic rings. The van der Waals surface area contributed by atoms with Crippen LogP contribution in [0.2, 0.25) is 10.0 Å². The molecule has 0 spiro atoms. The van der Waals surface area contributed by atoms with Crippen LogP contribution in [0.3, 0.4) is 0 Å². The summed E-state index contributed by atoms with van der Waals surface area (Å²) in [4.78, 5) is 25.5. The van der Waals surface area contributed by atoms with Crippen molar-refractivity contribution in [3.63, 3.8) is 0 Å². The van der Waals surface area contributed by atoms with Gasteiger partial charge in [-0.3, -0.25) is 9.59 Å². The Morgan fingerprint density at radius 3 is 2.40 bits per heavy atom. The van der Waals surface area contributed by atoms with Crippen molar-refractivity contribution in [1.82, 2.24) is 0 Å². The van der Waals surface area contributed by atoms with Crippen molar-refractivity contribution >= 4 is 58.2 Å². The van der Waals surface area contributed by atoms with E-state index in [-0.39, 0.29) is 22.6 Å². The van der Waals surface area contributed by atoms with E-state index in [1.165, 1.54) is 17.8 Å². The molecule has 0 aliphatic heterocycles. The summed E-state index contributed by atoms with van der Waals surface area (Å²) in [5.74, 6) is 0.383. The van der Waals surface area contributed by atoms with Crippen molar-refractivity contribution in [2.24, 2.45) is 0 Å². The highest BCUT2D eigenvalue weighted by Gasteiger charge is 2.11. The standard InChI is InChI=1S/C22H18Cl2N2O3S/c1-29-20-5-3-2-4-19(20)26-21(27)13-30-16-9-7-15(8-10-16)25-22(28)17-11-6-14(23)12-18(17)24/h2-12H,13H2,1H3,(H,25,28)(H,26,27). The molecule has 0 atom stereocenters. The van der Waals surface area contributed by atoms with Gasteiger partial charge in [0.2, 0.25) is 5.91 Å². The van der Waals surface area contributed by atoms with E-state index >= 15 is 0 Å². The van der Waals surface area contributed by atoms with E-state index in [9.17, 15) is 9.59 Å². The number of hydrogen-bond acceptors (Lipinski definition) is 4. The molecule has 0 aromatic heterocycles. The molecular weight excluding hydrogens is 443 g/mol. The fourth-order valence-electron chi connectivity index (χ4n) is 2.59. The Bertz CT molecular complexity index is 1060. The lowest BCUT2D eigenvalue weighted by Gasteiger charge is -2.10. The van der Waals surface area contributed by atoms with Gasteiger partial charge in [0.15, 0.2) is 0 Å². The minimum Gasteiger partial charge on any atom is -0.495 e. The maximum atomic E-state index is 12.4. The van der Waals surface area contributed by atoms with Crippen LogP contribution in [0.1, 0.15) is 10.4 Å². The second kappa shape index (κ2) is 10.4. The predicted molar refractivity (Wildman–Crippen MR) is 123 cm³/mol.